The number of carbonyl (C=O) groups excluding carboxylic acids is 2. The van der Waals surface area contributed by atoms with Crippen LogP contribution < -0.4 is 16.6 Å². The maximum absolute atomic E-state index is 13.3. The van der Waals surface area contributed by atoms with Crippen molar-refractivity contribution >= 4 is 33.4 Å². The molecule has 4 heterocycles. The Balaban J connectivity index is 1.47. The monoisotopic (exact) mass is 486 g/mol. The fourth-order valence-electron chi connectivity index (χ4n) is 4.67. The lowest BCUT2D eigenvalue weighted by Gasteiger charge is -2.35. The summed E-state index contributed by atoms with van der Waals surface area (Å²) in [6.45, 7) is 5.90. The number of aromatic nitrogens is 2. The first-order valence-corrected chi connectivity index (χ1v) is 12.5. The van der Waals surface area contributed by atoms with E-state index in [4.69, 9.17) is 4.42 Å². The van der Waals surface area contributed by atoms with Gasteiger partial charge in [0, 0.05) is 26.1 Å². The lowest BCUT2D eigenvalue weighted by molar-refractivity contribution is -0.134. The van der Waals surface area contributed by atoms with Crippen LogP contribution in [-0.4, -0.2) is 38.9 Å². The van der Waals surface area contributed by atoms with Crippen LogP contribution in [-0.2, 0) is 29.2 Å². The molecule has 0 unspecified atom stereocenters. The van der Waals surface area contributed by atoms with Crippen LogP contribution in [0.25, 0.3) is 10.2 Å². The van der Waals surface area contributed by atoms with Crippen LogP contribution in [0.3, 0.4) is 0 Å². The minimum absolute atomic E-state index is 0.102. The molecular weight excluding hydrogens is 456 g/mol. The van der Waals surface area contributed by atoms with Crippen LogP contribution in [0.1, 0.15) is 38.9 Å². The van der Waals surface area contributed by atoms with Crippen LogP contribution in [0, 0.1) is 11.8 Å². The van der Waals surface area contributed by atoms with Gasteiger partial charge in [0.2, 0.25) is 11.8 Å². The summed E-state index contributed by atoms with van der Waals surface area (Å²) in [5.74, 6) is 1.18. The average Bonchev–Trinajstić information content (AvgIpc) is 3.49. The van der Waals surface area contributed by atoms with E-state index in [1.54, 1.807) is 23.6 Å². The first kappa shape index (κ1) is 24.0. The van der Waals surface area contributed by atoms with Crippen molar-refractivity contribution in [2.75, 3.05) is 13.1 Å². The first-order chi connectivity index (χ1) is 16.3. The lowest BCUT2D eigenvalue weighted by atomic mass is 9.92. The number of carbonyl (C=O) groups is 2. The van der Waals surface area contributed by atoms with Crippen molar-refractivity contribution in [3.63, 3.8) is 0 Å². The van der Waals surface area contributed by atoms with Crippen molar-refractivity contribution in [2.45, 2.75) is 52.7 Å². The first-order valence-electron chi connectivity index (χ1n) is 11.6. The highest BCUT2D eigenvalue weighted by atomic mass is 32.1. The van der Waals surface area contributed by atoms with Gasteiger partial charge in [0.25, 0.3) is 5.56 Å². The molecule has 9 nitrogen and oxygen atoms in total. The molecule has 4 rings (SSSR count). The number of thiophene rings is 1. The Morgan fingerprint density at radius 1 is 1.15 bits per heavy atom. The van der Waals surface area contributed by atoms with Gasteiger partial charge in [-0.15, -0.1) is 11.3 Å². The summed E-state index contributed by atoms with van der Waals surface area (Å²) in [4.78, 5) is 53.2. The molecule has 0 aliphatic carbocycles. The summed E-state index contributed by atoms with van der Waals surface area (Å²) in [5.41, 5.74) is -0.410. The van der Waals surface area contributed by atoms with Gasteiger partial charge < -0.3 is 14.6 Å². The standard InChI is InChI=1S/C24H30N4O5S/c1-16-11-17(2)14-26(13-16)21(30)15-28-19-7-10-34-22(19)23(31)27(24(28)32)8-3-6-20(29)25-12-18-5-4-9-33-18/h4-5,7,9-10,16-17H,3,6,8,11-15H2,1-2H3,(H,25,29)/t16-,17+. The Labute approximate surface area is 201 Å². The number of rotatable bonds is 8. The van der Waals surface area contributed by atoms with Gasteiger partial charge in [0.15, 0.2) is 0 Å². The third-order valence-electron chi connectivity index (χ3n) is 6.18. The van der Waals surface area contributed by atoms with Gasteiger partial charge in [0.1, 0.15) is 17.0 Å². The molecule has 1 saturated heterocycles. The van der Waals surface area contributed by atoms with Gasteiger partial charge in [-0.25, -0.2) is 4.79 Å². The van der Waals surface area contributed by atoms with Crippen LogP contribution >= 0.6 is 11.3 Å². The third-order valence-corrected chi connectivity index (χ3v) is 7.07. The summed E-state index contributed by atoms with van der Waals surface area (Å²) >= 11 is 1.25. The van der Waals surface area contributed by atoms with E-state index in [1.807, 2.05) is 4.90 Å². The second-order valence-corrected chi connectivity index (χ2v) is 10.1. The highest BCUT2D eigenvalue weighted by Gasteiger charge is 2.26. The lowest BCUT2D eigenvalue weighted by Crippen LogP contribution is -2.47. The number of hydrogen-bond donors (Lipinski definition) is 1. The van der Waals surface area contributed by atoms with E-state index in [0.29, 0.717) is 47.3 Å². The topological polar surface area (TPSA) is 107 Å². The number of furan rings is 1. The minimum Gasteiger partial charge on any atom is -0.467 e. The quantitative estimate of drug-likeness (QED) is 0.526. The summed E-state index contributed by atoms with van der Waals surface area (Å²) in [5, 5.41) is 4.51. The Hall–Kier alpha value is -3.14. The van der Waals surface area contributed by atoms with Gasteiger partial charge in [-0.1, -0.05) is 13.8 Å². The predicted octanol–water partition coefficient (Wildman–Crippen LogP) is 2.42. The number of fused-ring (bicyclic) bond motifs is 1. The molecule has 10 heteroatoms. The molecular formula is C24H30N4O5S. The largest absolute Gasteiger partial charge is 0.467 e. The Kier molecular flexibility index (Phi) is 7.35. The zero-order valence-corrected chi connectivity index (χ0v) is 20.3. The van der Waals surface area contributed by atoms with Gasteiger partial charge in [-0.2, -0.15) is 0 Å². The molecule has 2 amide bonds. The maximum atomic E-state index is 13.3. The molecule has 0 radical (unpaired) electrons. The van der Waals surface area contributed by atoms with Crippen molar-refractivity contribution in [3.05, 3.63) is 56.4 Å². The molecule has 1 fully saturated rings. The van der Waals surface area contributed by atoms with Crippen LogP contribution in [0.5, 0.6) is 0 Å². The number of nitrogens with one attached hydrogen (secondary N) is 1. The molecule has 3 aromatic rings. The molecule has 0 saturated carbocycles. The highest BCUT2D eigenvalue weighted by Crippen LogP contribution is 2.22. The van der Waals surface area contributed by atoms with Crippen molar-refractivity contribution in [1.29, 1.82) is 0 Å². The summed E-state index contributed by atoms with van der Waals surface area (Å²) in [6.07, 6.45) is 3.11. The molecule has 1 aliphatic heterocycles. The zero-order valence-electron chi connectivity index (χ0n) is 19.5. The summed E-state index contributed by atoms with van der Waals surface area (Å²) < 4.78 is 8.17. The van der Waals surface area contributed by atoms with Crippen molar-refractivity contribution in [3.8, 4) is 0 Å². The molecule has 0 aromatic carbocycles. The molecule has 2 atom stereocenters. The molecule has 182 valence electrons. The highest BCUT2D eigenvalue weighted by molar-refractivity contribution is 7.17. The van der Waals surface area contributed by atoms with E-state index >= 15 is 0 Å². The normalized spacial score (nSPS) is 18.4. The van der Waals surface area contributed by atoms with Crippen LogP contribution in [0.2, 0.25) is 0 Å². The van der Waals surface area contributed by atoms with Crippen LogP contribution in [0.15, 0.2) is 43.8 Å². The molecule has 3 aromatic heterocycles. The van der Waals surface area contributed by atoms with Crippen molar-refractivity contribution in [2.24, 2.45) is 11.8 Å². The third kappa shape index (κ3) is 5.32. The van der Waals surface area contributed by atoms with Crippen molar-refractivity contribution in [1.82, 2.24) is 19.4 Å². The maximum Gasteiger partial charge on any atom is 0.332 e. The molecule has 0 bridgehead atoms. The smallest absolute Gasteiger partial charge is 0.332 e. The fourth-order valence-corrected chi connectivity index (χ4v) is 5.51. The Morgan fingerprint density at radius 3 is 2.62 bits per heavy atom. The predicted molar refractivity (Wildman–Crippen MR) is 130 cm³/mol. The fraction of sp³-hybridized carbons (Fsp3) is 0.500. The van der Waals surface area contributed by atoms with Gasteiger partial charge >= 0.3 is 5.69 Å². The molecule has 1 N–H and O–H groups in total. The molecule has 1 aliphatic rings. The average molecular weight is 487 g/mol. The SMILES string of the molecule is C[C@@H]1C[C@H](C)CN(C(=O)Cn2c(=O)n(CCCC(=O)NCc3ccco3)c(=O)c3sccc32)C1. The van der Waals surface area contributed by atoms with E-state index in [2.05, 4.69) is 19.2 Å². The number of likely N-dealkylation sites (tertiary alicyclic amines) is 1. The molecule has 34 heavy (non-hydrogen) atoms. The number of nitrogens with zero attached hydrogens (tertiary/aromatic N) is 3. The Morgan fingerprint density at radius 2 is 1.91 bits per heavy atom. The minimum atomic E-state index is -0.515. The van der Waals surface area contributed by atoms with Crippen molar-refractivity contribution < 1.29 is 14.0 Å². The van der Waals surface area contributed by atoms with Crippen LogP contribution in [0.4, 0.5) is 0 Å². The Bertz CT molecular complexity index is 1260. The molecule has 0 spiro atoms. The van der Waals surface area contributed by atoms with E-state index in [9.17, 15) is 19.2 Å². The van der Waals surface area contributed by atoms with Gasteiger partial charge in [0.05, 0.1) is 18.3 Å². The summed E-state index contributed by atoms with van der Waals surface area (Å²) in [7, 11) is 0. The second-order valence-electron chi connectivity index (χ2n) is 9.16. The van der Waals surface area contributed by atoms with E-state index in [1.165, 1.54) is 22.2 Å². The number of piperidine rings is 1. The number of amides is 2. The second kappa shape index (κ2) is 10.4. The van der Waals surface area contributed by atoms with E-state index < -0.39 is 5.69 Å². The van der Waals surface area contributed by atoms with E-state index in [-0.39, 0.29) is 43.4 Å². The number of hydrogen-bond acceptors (Lipinski definition) is 6. The van der Waals surface area contributed by atoms with Gasteiger partial charge in [-0.05, 0) is 48.3 Å². The summed E-state index contributed by atoms with van der Waals surface area (Å²) in [6, 6.07) is 5.23. The zero-order chi connectivity index (χ0) is 24.2. The van der Waals surface area contributed by atoms with E-state index in [0.717, 1.165) is 11.0 Å². The van der Waals surface area contributed by atoms with Gasteiger partial charge in [-0.3, -0.25) is 23.5 Å².